The van der Waals surface area contributed by atoms with Crippen LogP contribution in [0.2, 0.25) is 0 Å². The molecule has 0 atom stereocenters. The molecule has 106 valence electrons. The number of ketones is 1. The summed E-state index contributed by atoms with van der Waals surface area (Å²) >= 11 is 4.90. The molecule has 1 aromatic carbocycles. The zero-order valence-electron chi connectivity index (χ0n) is 10.8. The van der Waals surface area contributed by atoms with Gasteiger partial charge in [0, 0.05) is 21.5 Å². The molecule has 0 N–H and O–H groups in total. The Morgan fingerprint density at radius 1 is 1.32 bits per heavy atom. The van der Waals surface area contributed by atoms with Gasteiger partial charge in [-0.2, -0.15) is 0 Å². The largest absolute Gasteiger partial charge is 0.299 e. The third kappa shape index (κ3) is 6.58. The molecule has 19 heavy (non-hydrogen) atoms. The van der Waals surface area contributed by atoms with Crippen LogP contribution in [0.15, 0.2) is 33.6 Å². The number of hydrogen-bond acceptors (Lipinski definition) is 4. The van der Waals surface area contributed by atoms with Crippen molar-refractivity contribution in [2.24, 2.45) is 0 Å². The maximum Gasteiger partial charge on any atom is 0.150 e. The summed E-state index contributed by atoms with van der Waals surface area (Å²) in [6.07, 6.45) is 0.752. The molecular weight excluding hydrogens is 348 g/mol. The third-order valence-electron chi connectivity index (χ3n) is 2.58. The van der Waals surface area contributed by atoms with E-state index in [4.69, 9.17) is 0 Å². The average molecular weight is 365 g/mol. The number of rotatable bonds is 8. The van der Waals surface area contributed by atoms with Gasteiger partial charge >= 0.3 is 0 Å². The molecule has 0 aliphatic rings. The Hall–Kier alpha value is -0.330. The van der Waals surface area contributed by atoms with Crippen molar-refractivity contribution >= 4 is 43.3 Å². The minimum atomic E-state index is -2.96. The minimum absolute atomic E-state index is 0.0899. The van der Waals surface area contributed by atoms with Crippen LogP contribution >= 0.6 is 27.7 Å². The molecule has 0 radical (unpaired) electrons. The second-order valence-electron chi connectivity index (χ2n) is 4.10. The highest BCUT2D eigenvalue weighted by atomic mass is 79.9. The lowest BCUT2D eigenvalue weighted by molar-refractivity contribution is -0.116. The lowest BCUT2D eigenvalue weighted by Gasteiger charge is -2.04. The summed E-state index contributed by atoms with van der Waals surface area (Å²) in [6, 6.07) is 7.72. The summed E-state index contributed by atoms with van der Waals surface area (Å²) in [7, 11) is -2.96. The van der Waals surface area contributed by atoms with Gasteiger partial charge in [-0.25, -0.2) is 8.42 Å². The zero-order chi connectivity index (χ0) is 14.3. The Morgan fingerprint density at radius 2 is 2.00 bits per heavy atom. The fraction of sp³-hybridized carbons (Fsp3) is 0.462. The first-order chi connectivity index (χ1) is 8.94. The van der Waals surface area contributed by atoms with E-state index in [0.29, 0.717) is 18.6 Å². The topological polar surface area (TPSA) is 51.2 Å². The van der Waals surface area contributed by atoms with Gasteiger partial charge in [0.25, 0.3) is 0 Å². The van der Waals surface area contributed by atoms with Crippen molar-refractivity contribution in [2.45, 2.75) is 24.7 Å². The van der Waals surface area contributed by atoms with Crippen molar-refractivity contribution in [1.82, 2.24) is 0 Å². The molecule has 3 nitrogen and oxygen atoms in total. The second-order valence-corrected chi connectivity index (χ2v) is 8.44. The van der Waals surface area contributed by atoms with Gasteiger partial charge in [0.15, 0.2) is 0 Å². The summed E-state index contributed by atoms with van der Waals surface area (Å²) in [5, 5.41) is 0. The Bertz CT molecular complexity index is 526. The van der Waals surface area contributed by atoms with Gasteiger partial charge in [-0.1, -0.05) is 19.1 Å². The third-order valence-corrected chi connectivity index (χ3v) is 6.45. The van der Waals surface area contributed by atoms with Gasteiger partial charge in [0.2, 0.25) is 0 Å². The van der Waals surface area contributed by atoms with Gasteiger partial charge in [0.05, 0.1) is 11.5 Å². The predicted molar refractivity (Wildman–Crippen MR) is 83.4 cm³/mol. The van der Waals surface area contributed by atoms with Gasteiger partial charge in [0.1, 0.15) is 15.6 Å². The number of benzene rings is 1. The fourth-order valence-electron chi connectivity index (χ4n) is 1.43. The first-order valence-corrected chi connectivity index (χ1v) is 9.64. The summed E-state index contributed by atoms with van der Waals surface area (Å²) in [4.78, 5) is 12.7. The highest BCUT2D eigenvalue weighted by molar-refractivity contribution is 9.10. The van der Waals surface area contributed by atoms with Crippen molar-refractivity contribution in [2.75, 3.05) is 17.3 Å². The quantitative estimate of drug-likeness (QED) is 0.663. The number of sulfone groups is 1. The Labute approximate surface area is 127 Å². The number of thioether (sulfide) groups is 1. The molecule has 0 spiro atoms. The normalized spacial score (nSPS) is 11.5. The van der Waals surface area contributed by atoms with Crippen LogP contribution in [-0.2, 0) is 14.6 Å². The molecule has 0 heterocycles. The monoisotopic (exact) mass is 364 g/mol. The number of Topliss-reactive ketones (excluding diaryl/α,β-unsaturated/α-hetero) is 1. The molecule has 0 amide bonds. The van der Waals surface area contributed by atoms with Crippen LogP contribution in [0.4, 0.5) is 0 Å². The Kier molecular flexibility index (Phi) is 7.10. The number of halogens is 1. The van der Waals surface area contributed by atoms with Crippen LogP contribution < -0.4 is 0 Å². The molecule has 0 aromatic heterocycles. The number of hydrogen-bond donors (Lipinski definition) is 0. The lowest BCUT2D eigenvalue weighted by atomic mass is 10.2. The molecule has 0 saturated carbocycles. The highest BCUT2D eigenvalue weighted by Gasteiger charge is 2.10. The molecule has 6 heteroatoms. The van der Waals surface area contributed by atoms with Gasteiger partial charge in [-0.15, -0.1) is 11.8 Å². The zero-order valence-corrected chi connectivity index (χ0v) is 14.0. The van der Waals surface area contributed by atoms with Crippen molar-refractivity contribution in [3.8, 4) is 0 Å². The molecule has 0 saturated heterocycles. The van der Waals surface area contributed by atoms with Crippen LogP contribution in [0.1, 0.15) is 19.8 Å². The standard InChI is InChI=1S/C13H17BrO3S2/c1-2-19(16,17)9-5-6-11(15)10-18-13-8-4-3-7-12(13)14/h3-4,7-8H,2,5-6,9-10H2,1H3. The van der Waals surface area contributed by atoms with E-state index in [2.05, 4.69) is 15.9 Å². The molecule has 0 aliphatic heterocycles. The molecule has 0 bridgehead atoms. The first kappa shape index (κ1) is 16.7. The van der Waals surface area contributed by atoms with Crippen LogP contribution in [0.3, 0.4) is 0 Å². The van der Waals surface area contributed by atoms with Gasteiger partial charge in [-0.05, 0) is 34.5 Å². The summed E-state index contributed by atoms with van der Waals surface area (Å²) in [6.45, 7) is 1.62. The van der Waals surface area contributed by atoms with E-state index in [1.54, 1.807) is 6.92 Å². The molecule has 0 aliphatic carbocycles. The molecule has 0 fully saturated rings. The average Bonchev–Trinajstić information content (AvgIpc) is 2.37. The van der Waals surface area contributed by atoms with E-state index in [9.17, 15) is 13.2 Å². The van der Waals surface area contributed by atoms with Gasteiger partial charge < -0.3 is 0 Å². The van der Waals surface area contributed by atoms with Crippen LogP contribution in [0, 0.1) is 0 Å². The van der Waals surface area contributed by atoms with Gasteiger partial charge in [-0.3, -0.25) is 4.79 Å². The molecule has 1 aromatic rings. The summed E-state index contributed by atoms with van der Waals surface area (Å²) in [5.41, 5.74) is 0. The Balaban J connectivity index is 2.31. The van der Waals surface area contributed by atoms with E-state index >= 15 is 0 Å². The Morgan fingerprint density at radius 3 is 2.63 bits per heavy atom. The van der Waals surface area contributed by atoms with Crippen LogP contribution in [0.25, 0.3) is 0 Å². The first-order valence-electron chi connectivity index (χ1n) is 6.04. The van der Waals surface area contributed by atoms with Crippen molar-refractivity contribution in [1.29, 1.82) is 0 Å². The fourth-order valence-corrected chi connectivity index (χ4v) is 3.77. The van der Waals surface area contributed by atoms with Crippen LogP contribution in [-0.4, -0.2) is 31.5 Å². The van der Waals surface area contributed by atoms with Crippen LogP contribution in [0.5, 0.6) is 0 Å². The molecule has 1 rings (SSSR count). The molecular formula is C13H17BrO3S2. The summed E-state index contributed by atoms with van der Waals surface area (Å²) in [5.74, 6) is 0.725. The van der Waals surface area contributed by atoms with Crippen molar-refractivity contribution < 1.29 is 13.2 Å². The van der Waals surface area contributed by atoms with E-state index < -0.39 is 9.84 Å². The van der Waals surface area contributed by atoms with Crippen molar-refractivity contribution in [3.05, 3.63) is 28.7 Å². The second kappa shape index (κ2) is 8.07. The van der Waals surface area contributed by atoms with Crippen molar-refractivity contribution in [3.63, 3.8) is 0 Å². The predicted octanol–water partition coefficient (Wildman–Crippen LogP) is 3.33. The number of carbonyl (C=O) groups is 1. The van der Waals surface area contributed by atoms with E-state index in [0.717, 1.165) is 9.37 Å². The smallest absolute Gasteiger partial charge is 0.150 e. The minimum Gasteiger partial charge on any atom is -0.299 e. The van der Waals surface area contributed by atoms with E-state index in [1.807, 2.05) is 24.3 Å². The maximum absolute atomic E-state index is 11.7. The SMILES string of the molecule is CCS(=O)(=O)CCCC(=O)CSc1ccccc1Br. The highest BCUT2D eigenvalue weighted by Crippen LogP contribution is 2.27. The molecule has 0 unspecified atom stereocenters. The lowest BCUT2D eigenvalue weighted by Crippen LogP contribution is -2.11. The van der Waals surface area contributed by atoms with E-state index in [-0.39, 0.29) is 17.3 Å². The number of carbonyl (C=O) groups excluding carboxylic acids is 1. The maximum atomic E-state index is 11.7. The summed E-state index contributed by atoms with van der Waals surface area (Å²) < 4.78 is 23.5. The van der Waals surface area contributed by atoms with E-state index in [1.165, 1.54) is 11.8 Å².